The van der Waals surface area contributed by atoms with Crippen molar-refractivity contribution in [3.63, 3.8) is 0 Å². The van der Waals surface area contributed by atoms with Crippen LogP contribution in [0, 0.1) is 13.8 Å². The second-order valence-corrected chi connectivity index (χ2v) is 3.61. The molecule has 1 N–H and O–H groups in total. The molecule has 78 valence electrons. The zero-order valence-electron chi connectivity index (χ0n) is 8.92. The van der Waals surface area contributed by atoms with Crippen molar-refractivity contribution >= 4 is 5.69 Å². The minimum absolute atomic E-state index is 0. The molecule has 1 rings (SSSR count). The molecule has 0 spiro atoms. The van der Waals surface area contributed by atoms with Gasteiger partial charge in [0.15, 0.2) is 0 Å². The summed E-state index contributed by atoms with van der Waals surface area (Å²) >= 11 is 0. The van der Waals surface area contributed by atoms with Crippen LogP contribution in [0.3, 0.4) is 0 Å². The van der Waals surface area contributed by atoms with Gasteiger partial charge in [-0.1, -0.05) is 11.3 Å². The fourth-order valence-corrected chi connectivity index (χ4v) is 1.55. The molecule has 4 heteroatoms. The molecule has 1 aromatic rings. The molecule has 0 atom stereocenters. The number of aryl methyl sites for hydroxylation is 2. The molecule has 0 aromatic carbocycles. The standard InChI is InChI=1S/C10H15N2O.W/c1-6(2)12-8(4)5-7(3)9(11)10(12)13;/h5-6,11H,1-4H3;/q-1;. The summed E-state index contributed by atoms with van der Waals surface area (Å²) in [5.41, 5.74) is 9.14. The molecule has 3 nitrogen and oxygen atoms in total. The smallest absolute Gasteiger partial charge is 0.236 e. The zero-order chi connectivity index (χ0) is 10.2. The Bertz CT molecular complexity index is 382. The van der Waals surface area contributed by atoms with Crippen LogP contribution in [0.15, 0.2) is 10.9 Å². The van der Waals surface area contributed by atoms with E-state index in [9.17, 15) is 4.79 Å². The number of hydrogen-bond donors (Lipinski definition) is 0. The van der Waals surface area contributed by atoms with Gasteiger partial charge in [0, 0.05) is 32.8 Å². The third-order valence-electron chi connectivity index (χ3n) is 2.15. The molecule has 0 unspecified atom stereocenters. The Morgan fingerprint density at radius 2 is 1.86 bits per heavy atom. The Kier molecular flexibility index (Phi) is 4.59. The van der Waals surface area contributed by atoms with E-state index in [0.717, 1.165) is 11.3 Å². The van der Waals surface area contributed by atoms with Gasteiger partial charge in [-0.2, -0.15) is 0 Å². The summed E-state index contributed by atoms with van der Waals surface area (Å²) in [7, 11) is 0. The molecule has 0 aliphatic heterocycles. The van der Waals surface area contributed by atoms with Crippen molar-refractivity contribution in [3.8, 4) is 0 Å². The number of pyridine rings is 1. The predicted molar refractivity (Wildman–Crippen MR) is 54.5 cm³/mol. The maximum absolute atomic E-state index is 11.6. The fraction of sp³-hybridized carbons (Fsp3) is 0.500. The van der Waals surface area contributed by atoms with Crippen LogP contribution in [-0.2, 0) is 21.1 Å². The molecule has 0 saturated heterocycles. The van der Waals surface area contributed by atoms with Crippen LogP contribution in [0.2, 0.25) is 0 Å². The Hall–Kier alpha value is -0.562. The number of nitrogens with one attached hydrogen (secondary N) is 1. The van der Waals surface area contributed by atoms with Crippen molar-refractivity contribution in [2.45, 2.75) is 33.7 Å². The molecule has 0 radical (unpaired) electrons. The van der Waals surface area contributed by atoms with E-state index in [1.54, 1.807) is 11.5 Å². The topological polar surface area (TPSA) is 45.8 Å². The van der Waals surface area contributed by atoms with Crippen LogP contribution in [0.25, 0.3) is 5.73 Å². The summed E-state index contributed by atoms with van der Waals surface area (Å²) in [6.45, 7) is 7.58. The Morgan fingerprint density at radius 3 is 2.29 bits per heavy atom. The van der Waals surface area contributed by atoms with E-state index in [0.29, 0.717) is 0 Å². The first-order valence-electron chi connectivity index (χ1n) is 4.39. The van der Waals surface area contributed by atoms with Crippen molar-refractivity contribution in [3.05, 3.63) is 33.4 Å². The summed E-state index contributed by atoms with van der Waals surface area (Å²) in [4.78, 5) is 11.6. The van der Waals surface area contributed by atoms with Gasteiger partial charge in [0.05, 0.1) is 0 Å². The van der Waals surface area contributed by atoms with Crippen molar-refractivity contribution in [2.75, 3.05) is 0 Å². The monoisotopic (exact) mass is 363 g/mol. The Balaban J connectivity index is 0.00000169. The Labute approximate surface area is 98.6 Å². The quantitative estimate of drug-likeness (QED) is 0.757. The van der Waals surface area contributed by atoms with E-state index in [-0.39, 0.29) is 38.4 Å². The molecule has 1 heterocycles. The average Bonchev–Trinajstić information content (AvgIpc) is 1.99. The largest absolute Gasteiger partial charge is 0.694 e. The fourth-order valence-electron chi connectivity index (χ4n) is 1.55. The van der Waals surface area contributed by atoms with Gasteiger partial charge in [-0.15, -0.1) is 0 Å². The first kappa shape index (κ1) is 13.4. The summed E-state index contributed by atoms with van der Waals surface area (Å²) in [6.07, 6.45) is 0. The normalized spacial score (nSPS) is 10.1. The van der Waals surface area contributed by atoms with Gasteiger partial charge in [0.1, 0.15) is 0 Å². The van der Waals surface area contributed by atoms with E-state index < -0.39 is 0 Å². The first-order valence-corrected chi connectivity index (χ1v) is 4.39. The predicted octanol–water partition coefficient (Wildman–Crippen LogP) is 2.73. The SMILES string of the molecule is Cc1cc(C)n(C(C)C)c(=O)c1[NH-].[W]. The van der Waals surface area contributed by atoms with Crippen LogP contribution in [0.4, 0.5) is 5.69 Å². The van der Waals surface area contributed by atoms with E-state index >= 15 is 0 Å². The maximum atomic E-state index is 11.6. The molecule has 0 aliphatic rings. The van der Waals surface area contributed by atoms with Gasteiger partial charge in [-0.05, 0) is 33.8 Å². The third-order valence-corrected chi connectivity index (χ3v) is 2.15. The van der Waals surface area contributed by atoms with Crippen molar-refractivity contribution in [1.29, 1.82) is 0 Å². The van der Waals surface area contributed by atoms with Crippen LogP contribution >= 0.6 is 0 Å². The van der Waals surface area contributed by atoms with E-state index in [2.05, 4.69) is 0 Å². The molecule has 0 bridgehead atoms. The van der Waals surface area contributed by atoms with Crippen molar-refractivity contribution in [1.82, 2.24) is 4.57 Å². The summed E-state index contributed by atoms with van der Waals surface area (Å²) < 4.78 is 1.65. The van der Waals surface area contributed by atoms with Gasteiger partial charge in [-0.3, -0.25) is 4.79 Å². The summed E-state index contributed by atoms with van der Waals surface area (Å²) in [6, 6.07) is 2.00. The molecular weight excluding hydrogens is 348 g/mol. The average molecular weight is 363 g/mol. The third kappa shape index (κ3) is 2.27. The van der Waals surface area contributed by atoms with Gasteiger partial charge in [-0.25, -0.2) is 0 Å². The van der Waals surface area contributed by atoms with Crippen LogP contribution < -0.4 is 5.56 Å². The number of nitrogens with zero attached hydrogens (tertiary/aromatic N) is 1. The molecule has 0 fully saturated rings. The second kappa shape index (κ2) is 4.79. The second-order valence-electron chi connectivity index (χ2n) is 3.61. The summed E-state index contributed by atoms with van der Waals surface area (Å²) in [5, 5.41) is 0. The van der Waals surface area contributed by atoms with Crippen molar-refractivity contribution in [2.24, 2.45) is 0 Å². The summed E-state index contributed by atoms with van der Waals surface area (Å²) in [5.74, 6) is 0. The van der Waals surface area contributed by atoms with Gasteiger partial charge < -0.3 is 10.3 Å². The molecule has 0 aliphatic carbocycles. The number of aromatic nitrogens is 1. The minimum Gasteiger partial charge on any atom is -0.694 e. The van der Waals surface area contributed by atoms with Crippen LogP contribution in [0.1, 0.15) is 31.1 Å². The first-order chi connectivity index (χ1) is 5.95. The van der Waals surface area contributed by atoms with Gasteiger partial charge >= 0.3 is 0 Å². The zero-order valence-corrected chi connectivity index (χ0v) is 11.9. The van der Waals surface area contributed by atoms with Crippen molar-refractivity contribution < 1.29 is 21.1 Å². The molecule has 14 heavy (non-hydrogen) atoms. The molecule has 0 saturated carbocycles. The van der Waals surface area contributed by atoms with Gasteiger partial charge in [0.2, 0.25) is 5.56 Å². The van der Waals surface area contributed by atoms with Crippen LogP contribution in [0.5, 0.6) is 0 Å². The maximum Gasteiger partial charge on any atom is 0.236 e. The molecular formula is C10H15N2OW-. The van der Waals surface area contributed by atoms with E-state index in [1.165, 1.54) is 0 Å². The number of rotatable bonds is 1. The van der Waals surface area contributed by atoms with E-state index in [1.807, 2.05) is 26.8 Å². The number of hydrogen-bond acceptors (Lipinski definition) is 1. The molecule has 1 aromatic heterocycles. The Morgan fingerprint density at radius 1 is 1.36 bits per heavy atom. The molecule has 0 amide bonds. The van der Waals surface area contributed by atoms with E-state index in [4.69, 9.17) is 5.73 Å². The minimum atomic E-state index is -0.187. The van der Waals surface area contributed by atoms with Crippen LogP contribution in [-0.4, -0.2) is 4.57 Å². The van der Waals surface area contributed by atoms with Gasteiger partial charge in [0.25, 0.3) is 0 Å².